The number of ether oxygens (including phenoxy) is 1. The Hall–Kier alpha value is -1.32. The van der Waals surface area contributed by atoms with E-state index in [1.54, 1.807) is 11.8 Å². The highest BCUT2D eigenvalue weighted by molar-refractivity contribution is 7.99. The fraction of sp³-hybridized carbons (Fsp3) is 0.250. The molecule has 0 fully saturated rings. The molecule has 2 aromatic carbocycles. The number of nitrogens with two attached hydrogens (primary N) is 1. The molecule has 0 aliphatic heterocycles. The minimum atomic E-state index is 0.695. The summed E-state index contributed by atoms with van der Waals surface area (Å²) in [4.78, 5) is 1.15. The van der Waals surface area contributed by atoms with Crippen LogP contribution < -0.4 is 10.5 Å². The molecule has 0 aromatic heterocycles. The molecule has 4 heteroatoms. The summed E-state index contributed by atoms with van der Waals surface area (Å²) < 4.78 is 5.65. The van der Waals surface area contributed by atoms with Crippen molar-refractivity contribution in [3.8, 4) is 5.75 Å². The quantitative estimate of drug-likeness (QED) is 0.473. The Morgan fingerprint density at radius 1 is 1.15 bits per heavy atom. The summed E-state index contributed by atoms with van der Waals surface area (Å²) in [6, 6.07) is 13.5. The first kappa shape index (κ1) is 15.1. The molecule has 0 aliphatic carbocycles. The Bertz CT molecular complexity index is 557. The monoisotopic (exact) mass is 307 g/mol. The van der Waals surface area contributed by atoms with E-state index >= 15 is 0 Å². The van der Waals surface area contributed by atoms with Gasteiger partial charge >= 0.3 is 0 Å². The molecule has 0 amide bonds. The summed E-state index contributed by atoms with van der Waals surface area (Å²) in [5.74, 6) is 1.84. The SMILES string of the molecule is Cc1ccc(N)c(SCCCOc2ccc(Cl)cc2)c1. The van der Waals surface area contributed by atoms with E-state index in [1.165, 1.54) is 5.56 Å². The van der Waals surface area contributed by atoms with Crippen LogP contribution in [0, 0.1) is 6.92 Å². The van der Waals surface area contributed by atoms with Gasteiger partial charge in [-0.2, -0.15) is 0 Å². The molecule has 0 atom stereocenters. The summed E-state index contributed by atoms with van der Waals surface area (Å²) in [7, 11) is 0. The van der Waals surface area contributed by atoms with E-state index in [4.69, 9.17) is 22.1 Å². The van der Waals surface area contributed by atoms with Crippen LogP contribution in [0.15, 0.2) is 47.4 Å². The van der Waals surface area contributed by atoms with Crippen molar-refractivity contribution in [2.45, 2.75) is 18.2 Å². The standard InChI is InChI=1S/C16H18ClNOS/c1-12-3-8-15(18)16(11-12)20-10-2-9-19-14-6-4-13(17)5-7-14/h3-8,11H,2,9-10,18H2,1H3. The zero-order valence-electron chi connectivity index (χ0n) is 11.4. The summed E-state index contributed by atoms with van der Waals surface area (Å²) in [5.41, 5.74) is 8.03. The molecule has 2 rings (SSSR count). The van der Waals surface area contributed by atoms with Crippen molar-refractivity contribution < 1.29 is 4.74 Å². The summed E-state index contributed by atoms with van der Waals surface area (Å²) in [5, 5.41) is 0.725. The lowest BCUT2D eigenvalue weighted by molar-refractivity contribution is 0.319. The lowest BCUT2D eigenvalue weighted by Gasteiger charge is -2.08. The van der Waals surface area contributed by atoms with Crippen LogP contribution in [0.5, 0.6) is 5.75 Å². The maximum atomic E-state index is 5.94. The largest absolute Gasteiger partial charge is 0.494 e. The molecule has 2 aromatic rings. The zero-order chi connectivity index (χ0) is 14.4. The molecule has 0 bridgehead atoms. The van der Waals surface area contributed by atoms with Crippen LogP contribution in [0.2, 0.25) is 5.02 Å². The minimum absolute atomic E-state index is 0.695. The van der Waals surface area contributed by atoms with E-state index in [9.17, 15) is 0 Å². The van der Waals surface area contributed by atoms with E-state index in [2.05, 4.69) is 13.0 Å². The van der Waals surface area contributed by atoms with Crippen LogP contribution in [-0.4, -0.2) is 12.4 Å². The van der Waals surface area contributed by atoms with Gasteiger partial charge in [0.1, 0.15) is 5.75 Å². The first-order valence-corrected chi connectivity index (χ1v) is 7.89. The molecule has 2 N–H and O–H groups in total. The third-order valence-corrected chi connectivity index (χ3v) is 4.21. The number of nitrogen functional groups attached to an aromatic ring is 1. The van der Waals surface area contributed by atoms with Gasteiger partial charge in [0.2, 0.25) is 0 Å². The second-order valence-corrected chi connectivity index (χ2v) is 6.12. The molecule has 0 radical (unpaired) electrons. The van der Waals surface area contributed by atoms with Crippen LogP contribution in [0.4, 0.5) is 5.69 Å². The highest BCUT2D eigenvalue weighted by atomic mass is 35.5. The minimum Gasteiger partial charge on any atom is -0.494 e. The molecular weight excluding hydrogens is 290 g/mol. The fourth-order valence-corrected chi connectivity index (χ4v) is 2.84. The van der Waals surface area contributed by atoms with Crippen molar-refractivity contribution in [2.75, 3.05) is 18.1 Å². The highest BCUT2D eigenvalue weighted by Crippen LogP contribution is 2.26. The third-order valence-electron chi connectivity index (χ3n) is 2.80. The normalized spacial score (nSPS) is 10.5. The molecule has 0 spiro atoms. The van der Waals surface area contributed by atoms with Crippen LogP contribution in [-0.2, 0) is 0 Å². The van der Waals surface area contributed by atoms with Crippen LogP contribution in [0.1, 0.15) is 12.0 Å². The molecule has 0 saturated carbocycles. The van der Waals surface area contributed by atoms with Crippen molar-refractivity contribution in [1.82, 2.24) is 0 Å². The predicted octanol–water partition coefficient (Wildman–Crippen LogP) is 4.79. The lowest BCUT2D eigenvalue weighted by atomic mass is 10.2. The molecule has 0 heterocycles. The van der Waals surface area contributed by atoms with Crippen molar-refractivity contribution >= 4 is 29.1 Å². The van der Waals surface area contributed by atoms with Crippen molar-refractivity contribution in [3.05, 3.63) is 53.1 Å². The number of anilines is 1. The number of hydrogen-bond acceptors (Lipinski definition) is 3. The van der Waals surface area contributed by atoms with Crippen molar-refractivity contribution in [3.63, 3.8) is 0 Å². The highest BCUT2D eigenvalue weighted by Gasteiger charge is 2.00. The molecule has 106 valence electrons. The maximum absolute atomic E-state index is 5.94. The topological polar surface area (TPSA) is 35.2 Å². The molecular formula is C16H18ClNOS. The second-order valence-electron chi connectivity index (χ2n) is 4.55. The Kier molecular flexibility index (Phi) is 5.62. The molecule has 20 heavy (non-hydrogen) atoms. The summed E-state index contributed by atoms with van der Waals surface area (Å²) >= 11 is 7.59. The number of aryl methyl sites for hydroxylation is 1. The van der Waals surface area contributed by atoms with Crippen molar-refractivity contribution in [1.29, 1.82) is 0 Å². The van der Waals surface area contributed by atoms with Gasteiger partial charge in [-0.3, -0.25) is 0 Å². The van der Waals surface area contributed by atoms with Gasteiger partial charge in [0.05, 0.1) is 6.61 Å². The van der Waals surface area contributed by atoms with E-state index < -0.39 is 0 Å². The third kappa shape index (κ3) is 4.66. The fourth-order valence-electron chi connectivity index (χ4n) is 1.73. The van der Waals surface area contributed by atoms with Gasteiger partial charge in [-0.15, -0.1) is 11.8 Å². The molecule has 0 saturated heterocycles. The average molecular weight is 308 g/mol. The van der Waals surface area contributed by atoms with Gasteiger partial charge in [0, 0.05) is 21.4 Å². The number of halogens is 1. The zero-order valence-corrected chi connectivity index (χ0v) is 13.0. The van der Waals surface area contributed by atoms with E-state index in [-0.39, 0.29) is 0 Å². The Morgan fingerprint density at radius 2 is 1.90 bits per heavy atom. The Labute approximate surface area is 129 Å². The second kappa shape index (κ2) is 7.46. The first-order valence-electron chi connectivity index (χ1n) is 6.52. The van der Waals surface area contributed by atoms with E-state index in [1.807, 2.05) is 36.4 Å². The van der Waals surface area contributed by atoms with Gasteiger partial charge in [0.15, 0.2) is 0 Å². The Morgan fingerprint density at radius 3 is 2.65 bits per heavy atom. The first-order chi connectivity index (χ1) is 9.65. The van der Waals surface area contributed by atoms with E-state index in [0.717, 1.165) is 33.5 Å². The van der Waals surface area contributed by atoms with Gasteiger partial charge in [0.25, 0.3) is 0 Å². The molecule has 0 unspecified atom stereocenters. The number of thioether (sulfide) groups is 1. The predicted molar refractivity (Wildman–Crippen MR) is 87.9 cm³/mol. The Balaban J connectivity index is 1.71. The number of rotatable bonds is 6. The van der Waals surface area contributed by atoms with Gasteiger partial charge in [-0.1, -0.05) is 17.7 Å². The number of benzene rings is 2. The smallest absolute Gasteiger partial charge is 0.119 e. The molecule has 0 aliphatic rings. The molecule has 2 nitrogen and oxygen atoms in total. The summed E-state index contributed by atoms with van der Waals surface area (Å²) in [6.07, 6.45) is 0.973. The van der Waals surface area contributed by atoms with Gasteiger partial charge in [-0.25, -0.2) is 0 Å². The van der Waals surface area contributed by atoms with Gasteiger partial charge in [-0.05, 0) is 55.3 Å². The van der Waals surface area contributed by atoms with Crippen LogP contribution >= 0.6 is 23.4 Å². The van der Waals surface area contributed by atoms with Crippen LogP contribution in [0.3, 0.4) is 0 Å². The van der Waals surface area contributed by atoms with E-state index in [0.29, 0.717) is 6.61 Å². The van der Waals surface area contributed by atoms with Gasteiger partial charge < -0.3 is 10.5 Å². The van der Waals surface area contributed by atoms with Crippen molar-refractivity contribution in [2.24, 2.45) is 0 Å². The van der Waals surface area contributed by atoms with Crippen LogP contribution in [0.25, 0.3) is 0 Å². The summed E-state index contributed by atoms with van der Waals surface area (Å²) in [6.45, 7) is 2.77. The number of hydrogen-bond donors (Lipinski definition) is 1. The maximum Gasteiger partial charge on any atom is 0.119 e. The lowest BCUT2D eigenvalue weighted by Crippen LogP contribution is -1.99. The average Bonchev–Trinajstić information content (AvgIpc) is 2.44.